The maximum absolute atomic E-state index is 4.27. The van der Waals surface area contributed by atoms with Crippen LogP contribution in [0.25, 0.3) is 10.8 Å². The Morgan fingerprint density at radius 3 is 2.71 bits per heavy atom. The first-order chi connectivity index (χ1) is 6.92. The minimum Gasteiger partial charge on any atom is -0.293 e. The Hall–Kier alpha value is -1.63. The van der Waals surface area contributed by atoms with E-state index >= 15 is 0 Å². The summed E-state index contributed by atoms with van der Waals surface area (Å²) in [6.45, 7) is 2.88. The summed E-state index contributed by atoms with van der Waals surface area (Å²) in [7, 11) is 0. The van der Waals surface area contributed by atoms with Crippen LogP contribution >= 0.6 is 0 Å². The molecule has 0 N–H and O–H groups in total. The van der Waals surface area contributed by atoms with E-state index < -0.39 is 0 Å². The Morgan fingerprint density at radius 1 is 1.07 bits per heavy atom. The second-order valence-corrected chi connectivity index (χ2v) is 3.20. The van der Waals surface area contributed by atoms with E-state index in [-0.39, 0.29) is 0 Å². The van der Waals surface area contributed by atoms with Gasteiger partial charge in [0.2, 0.25) is 0 Å². The third-order valence-corrected chi connectivity index (χ3v) is 2.24. The molecular formula is C13H13N. The second-order valence-electron chi connectivity index (χ2n) is 3.20. The van der Waals surface area contributed by atoms with Crippen LogP contribution in [0, 0.1) is 0 Å². The van der Waals surface area contributed by atoms with Crippen LogP contribution in [0.5, 0.6) is 0 Å². The number of rotatable bonds is 2. The van der Waals surface area contributed by atoms with Crippen molar-refractivity contribution >= 4 is 17.0 Å². The maximum atomic E-state index is 4.27. The molecule has 2 rings (SSSR count). The summed E-state index contributed by atoms with van der Waals surface area (Å²) < 4.78 is 0. The maximum Gasteiger partial charge on any atom is 0.0361 e. The third-order valence-electron chi connectivity index (χ3n) is 2.24. The normalized spacial score (nSPS) is 11.2. The van der Waals surface area contributed by atoms with Crippen molar-refractivity contribution in [2.24, 2.45) is 4.99 Å². The molecule has 0 heterocycles. The number of fused-ring (bicyclic) bond motifs is 1. The zero-order valence-electron chi connectivity index (χ0n) is 8.27. The van der Waals surface area contributed by atoms with Gasteiger partial charge in [0.25, 0.3) is 0 Å². The van der Waals surface area contributed by atoms with Crippen molar-refractivity contribution in [3.8, 4) is 0 Å². The highest BCUT2D eigenvalue weighted by Gasteiger charge is 1.95. The quantitative estimate of drug-likeness (QED) is 0.633. The molecule has 14 heavy (non-hydrogen) atoms. The fraction of sp³-hybridized carbons (Fsp3) is 0.154. The molecule has 2 aromatic carbocycles. The molecule has 0 spiro atoms. The van der Waals surface area contributed by atoms with E-state index in [9.17, 15) is 0 Å². The molecule has 1 heteroatoms. The molecule has 1 nitrogen and oxygen atoms in total. The van der Waals surface area contributed by atoms with E-state index in [1.807, 2.05) is 13.1 Å². The zero-order valence-corrected chi connectivity index (χ0v) is 8.27. The van der Waals surface area contributed by atoms with E-state index in [1.165, 1.54) is 16.3 Å². The zero-order chi connectivity index (χ0) is 9.80. The van der Waals surface area contributed by atoms with Crippen molar-refractivity contribution in [2.45, 2.75) is 6.92 Å². The molecule has 0 aliphatic heterocycles. The van der Waals surface area contributed by atoms with Crippen molar-refractivity contribution in [3.63, 3.8) is 0 Å². The minimum atomic E-state index is 0.837. The Balaban J connectivity index is 2.59. The second kappa shape index (κ2) is 4.05. The lowest BCUT2D eigenvalue weighted by Crippen LogP contribution is -1.84. The molecule has 0 aromatic heterocycles. The monoisotopic (exact) mass is 183 g/mol. The van der Waals surface area contributed by atoms with E-state index in [4.69, 9.17) is 0 Å². The molecule has 70 valence electrons. The van der Waals surface area contributed by atoms with Crippen LogP contribution in [0.1, 0.15) is 12.5 Å². The summed E-state index contributed by atoms with van der Waals surface area (Å²) in [5.41, 5.74) is 1.20. The Bertz CT molecular complexity index is 452. The van der Waals surface area contributed by atoms with E-state index in [2.05, 4.69) is 47.5 Å². The predicted octanol–water partition coefficient (Wildman–Crippen LogP) is 3.28. The molecule has 2 aromatic rings. The average molecular weight is 183 g/mol. The van der Waals surface area contributed by atoms with Crippen LogP contribution in [0.2, 0.25) is 0 Å². The summed E-state index contributed by atoms with van der Waals surface area (Å²) in [6.07, 6.45) is 1.95. The molecule has 0 fully saturated rings. The van der Waals surface area contributed by atoms with Gasteiger partial charge in [-0.2, -0.15) is 0 Å². The van der Waals surface area contributed by atoms with Crippen LogP contribution < -0.4 is 0 Å². The van der Waals surface area contributed by atoms with Crippen molar-refractivity contribution < 1.29 is 0 Å². The molecule has 0 saturated carbocycles. The molecule has 0 amide bonds. The summed E-state index contributed by atoms with van der Waals surface area (Å²) in [6, 6.07) is 14.7. The highest BCUT2D eigenvalue weighted by atomic mass is 14.7. The molecule has 0 aliphatic rings. The van der Waals surface area contributed by atoms with Gasteiger partial charge in [0, 0.05) is 18.3 Å². The number of nitrogens with zero attached hydrogens (tertiary/aromatic N) is 1. The molecular weight excluding hydrogens is 170 g/mol. The van der Waals surface area contributed by atoms with Gasteiger partial charge in [-0.3, -0.25) is 4.99 Å². The van der Waals surface area contributed by atoms with Crippen LogP contribution in [0.4, 0.5) is 0 Å². The predicted molar refractivity (Wildman–Crippen MR) is 62.1 cm³/mol. The van der Waals surface area contributed by atoms with Crippen molar-refractivity contribution in [3.05, 3.63) is 48.0 Å². The number of benzene rings is 2. The largest absolute Gasteiger partial charge is 0.293 e. The lowest BCUT2D eigenvalue weighted by Gasteiger charge is -2.00. The molecule has 0 bridgehead atoms. The lowest BCUT2D eigenvalue weighted by atomic mass is 10.1. The van der Waals surface area contributed by atoms with Gasteiger partial charge in [0.1, 0.15) is 0 Å². The molecule has 0 radical (unpaired) electrons. The fourth-order valence-electron chi connectivity index (χ4n) is 1.55. The van der Waals surface area contributed by atoms with Gasteiger partial charge < -0.3 is 0 Å². The lowest BCUT2D eigenvalue weighted by molar-refractivity contribution is 1.14. The standard InChI is InChI=1S/C13H13N/c1-2-14-10-12-8-5-7-11-6-3-4-9-13(11)12/h3-10H,2H2,1H3. The van der Waals surface area contributed by atoms with Crippen LogP contribution in [-0.2, 0) is 0 Å². The van der Waals surface area contributed by atoms with Crippen LogP contribution in [0.15, 0.2) is 47.5 Å². The number of aliphatic imine (C=N–C) groups is 1. The molecule has 0 saturated heterocycles. The Labute approximate surface area is 84.1 Å². The summed E-state index contributed by atoms with van der Waals surface area (Å²) in [5.74, 6) is 0. The summed E-state index contributed by atoms with van der Waals surface area (Å²) in [4.78, 5) is 4.27. The fourth-order valence-corrected chi connectivity index (χ4v) is 1.55. The number of hydrogen-bond acceptors (Lipinski definition) is 1. The smallest absolute Gasteiger partial charge is 0.0361 e. The highest BCUT2D eigenvalue weighted by molar-refractivity contribution is 5.99. The Morgan fingerprint density at radius 2 is 1.86 bits per heavy atom. The molecule has 0 aliphatic carbocycles. The van der Waals surface area contributed by atoms with Gasteiger partial charge in [-0.05, 0) is 17.7 Å². The molecule has 0 atom stereocenters. The van der Waals surface area contributed by atoms with Crippen LogP contribution in [0.3, 0.4) is 0 Å². The van der Waals surface area contributed by atoms with E-state index in [0.717, 1.165) is 6.54 Å². The van der Waals surface area contributed by atoms with Crippen LogP contribution in [-0.4, -0.2) is 12.8 Å². The van der Waals surface area contributed by atoms with Gasteiger partial charge in [-0.1, -0.05) is 42.5 Å². The Kier molecular flexibility index (Phi) is 2.59. The van der Waals surface area contributed by atoms with Gasteiger partial charge in [-0.15, -0.1) is 0 Å². The highest BCUT2D eigenvalue weighted by Crippen LogP contribution is 2.16. The first-order valence-corrected chi connectivity index (χ1v) is 4.89. The van der Waals surface area contributed by atoms with Crippen molar-refractivity contribution in [2.75, 3.05) is 6.54 Å². The first kappa shape index (κ1) is 8.95. The summed E-state index contributed by atoms with van der Waals surface area (Å²) in [5, 5.41) is 2.54. The van der Waals surface area contributed by atoms with Crippen molar-refractivity contribution in [1.82, 2.24) is 0 Å². The van der Waals surface area contributed by atoms with Gasteiger partial charge in [0.15, 0.2) is 0 Å². The third kappa shape index (κ3) is 1.67. The first-order valence-electron chi connectivity index (χ1n) is 4.89. The SMILES string of the molecule is CCN=Cc1cccc2ccccc12. The van der Waals surface area contributed by atoms with Gasteiger partial charge in [0.05, 0.1) is 0 Å². The van der Waals surface area contributed by atoms with Gasteiger partial charge in [-0.25, -0.2) is 0 Å². The van der Waals surface area contributed by atoms with Crippen molar-refractivity contribution in [1.29, 1.82) is 0 Å². The average Bonchev–Trinajstić information content (AvgIpc) is 2.26. The topological polar surface area (TPSA) is 12.4 Å². The number of hydrogen-bond donors (Lipinski definition) is 0. The molecule has 0 unspecified atom stereocenters. The van der Waals surface area contributed by atoms with Gasteiger partial charge >= 0.3 is 0 Å². The van der Waals surface area contributed by atoms with E-state index in [0.29, 0.717) is 0 Å². The van der Waals surface area contributed by atoms with E-state index in [1.54, 1.807) is 0 Å². The summed E-state index contributed by atoms with van der Waals surface area (Å²) >= 11 is 0. The minimum absolute atomic E-state index is 0.837.